The van der Waals surface area contributed by atoms with Crippen LogP contribution in [0.4, 0.5) is 23.2 Å². The van der Waals surface area contributed by atoms with Gasteiger partial charge in [0, 0.05) is 18.0 Å². The molecule has 1 amide bonds. The van der Waals surface area contributed by atoms with Gasteiger partial charge in [0.2, 0.25) is 5.91 Å². The first-order chi connectivity index (χ1) is 13.7. The van der Waals surface area contributed by atoms with Crippen LogP contribution in [0.5, 0.6) is 0 Å². The summed E-state index contributed by atoms with van der Waals surface area (Å²) >= 11 is 0. The molecule has 1 aliphatic heterocycles. The number of benzene rings is 1. The Morgan fingerprint density at radius 2 is 1.86 bits per heavy atom. The van der Waals surface area contributed by atoms with Crippen molar-refractivity contribution in [2.75, 3.05) is 4.90 Å². The predicted octanol–water partition coefficient (Wildman–Crippen LogP) is 4.70. The zero-order chi connectivity index (χ0) is 20.8. The van der Waals surface area contributed by atoms with Crippen molar-refractivity contribution in [3.63, 3.8) is 0 Å². The Kier molecular flexibility index (Phi) is 4.56. The molecule has 0 saturated carbocycles. The third-order valence-corrected chi connectivity index (χ3v) is 4.74. The second kappa shape index (κ2) is 6.95. The number of anilines is 1. The first-order valence-corrected chi connectivity index (χ1v) is 8.80. The molecule has 0 spiro atoms. The van der Waals surface area contributed by atoms with Gasteiger partial charge >= 0.3 is 6.18 Å². The Labute approximate surface area is 163 Å². The average Bonchev–Trinajstić information content (AvgIpc) is 2.98. The van der Waals surface area contributed by atoms with E-state index in [1.54, 1.807) is 19.1 Å². The second-order valence-electron chi connectivity index (χ2n) is 6.87. The first kappa shape index (κ1) is 19.0. The molecule has 4 nitrogen and oxygen atoms in total. The van der Waals surface area contributed by atoms with E-state index in [0.717, 1.165) is 12.1 Å². The largest absolute Gasteiger partial charge is 0.416 e. The lowest BCUT2D eigenvalue weighted by Crippen LogP contribution is -2.27. The number of nitrogens with zero attached hydrogens (tertiary/aromatic N) is 3. The number of hydrogen-bond acceptors (Lipinski definition) is 3. The molecule has 148 valence electrons. The number of amides is 1. The van der Waals surface area contributed by atoms with Gasteiger partial charge in [-0.1, -0.05) is 12.1 Å². The Morgan fingerprint density at radius 3 is 2.59 bits per heavy atom. The van der Waals surface area contributed by atoms with E-state index in [2.05, 4.69) is 9.97 Å². The van der Waals surface area contributed by atoms with Gasteiger partial charge in [0.1, 0.15) is 5.82 Å². The summed E-state index contributed by atoms with van der Waals surface area (Å²) in [5.41, 5.74) is 1.72. The maximum atomic E-state index is 14.2. The maximum absolute atomic E-state index is 14.2. The van der Waals surface area contributed by atoms with Crippen molar-refractivity contribution < 1.29 is 22.4 Å². The summed E-state index contributed by atoms with van der Waals surface area (Å²) in [5.74, 6) is -0.788. The molecule has 0 N–H and O–H groups in total. The SMILES string of the molecule is Cc1cnc(CN2C(=O)Cc3ncc(-c4cccc(C(F)(F)F)c4)cc32)c(F)c1. The highest BCUT2D eigenvalue weighted by atomic mass is 19.4. The van der Waals surface area contributed by atoms with Gasteiger partial charge in [0.15, 0.2) is 0 Å². The quantitative estimate of drug-likeness (QED) is 0.598. The minimum absolute atomic E-state index is 0.0473. The summed E-state index contributed by atoms with van der Waals surface area (Å²) in [6.07, 6.45) is -1.46. The number of hydrogen-bond donors (Lipinski definition) is 0. The predicted molar refractivity (Wildman–Crippen MR) is 98.5 cm³/mol. The monoisotopic (exact) mass is 401 g/mol. The van der Waals surface area contributed by atoms with Gasteiger partial charge in [-0.3, -0.25) is 14.8 Å². The minimum Gasteiger partial charge on any atom is -0.304 e. The zero-order valence-corrected chi connectivity index (χ0v) is 15.3. The number of pyridine rings is 2. The third-order valence-electron chi connectivity index (χ3n) is 4.74. The van der Waals surface area contributed by atoms with Gasteiger partial charge in [0.05, 0.1) is 35.6 Å². The fourth-order valence-corrected chi connectivity index (χ4v) is 3.26. The lowest BCUT2D eigenvalue weighted by molar-refractivity contribution is -0.137. The molecular formula is C21H15F4N3O. The van der Waals surface area contributed by atoms with Gasteiger partial charge in [-0.05, 0) is 42.3 Å². The van der Waals surface area contributed by atoms with E-state index >= 15 is 0 Å². The van der Waals surface area contributed by atoms with Gasteiger partial charge in [-0.2, -0.15) is 13.2 Å². The van der Waals surface area contributed by atoms with Crippen molar-refractivity contribution in [1.82, 2.24) is 9.97 Å². The number of carbonyl (C=O) groups excluding carboxylic acids is 1. The topological polar surface area (TPSA) is 46.1 Å². The fraction of sp³-hybridized carbons (Fsp3) is 0.190. The molecule has 0 fully saturated rings. The molecule has 3 heterocycles. The number of fused-ring (bicyclic) bond motifs is 1. The molecule has 2 aromatic heterocycles. The molecule has 0 atom stereocenters. The summed E-state index contributed by atoms with van der Waals surface area (Å²) < 4.78 is 53.2. The molecule has 0 radical (unpaired) electrons. The summed E-state index contributed by atoms with van der Waals surface area (Å²) in [6, 6.07) is 7.83. The van der Waals surface area contributed by atoms with E-state index < -0.39 is 17.6 Å². The molecular weight excluding hydrogens is 386 g/mol. The van der Waals surface area contributed by atoms with Crippen molar-refractivity contribution >= 4 is 11.6 Å². The smallest absolute Gasteiger partial charge is 0.304 e. The molecule has 3 aromatic rings. The highest BCUT2D eigenvalue weighted by Gasteiger charge is 2.32. The maximum Gasteiger partial charge on any atom is 0.416 e. The molecule has 4 rings (SSSR count). The van der Waals surface area contributed by atoms with E-state index in [0.29, 0.717) is 28.1 Å². The van der Waals surface area contributed by atoms with E-state index in [1.165, 1.54) is 29.4 Å². The molecule has 0 saturated heterocycles. The molecule has 1 aliphatic rings. The summed E-state index contributed by atoms with van der Waals surface area (Å²) in [7, 11) is 0. The number of rotatable bonds is 3. The second-order valence-corrected chi connectivity index (χ2v) is 6.87. The van der Waals surface area contributed by atoms with Crippen LogP contribution in [0.15, 0.2) is 48.8 Å². The van der Waals surface area contributed by atoms with Crippen molar-refractivity contribution in [3.05, 3.63) is 77.1 Å². The minimum atomic E-state index is -4.46. The van der Waals surface area contributed by atoms with Crippen LogP contribution in [0.25, 0.3) is 11.1 Å². The van der Waals surface area contributed by atoms with Crippen molar-refractivity contribution in [2.24, 2.45) is 0 Å². The van der Waals surface area contributed by atoms with Crippen LogP contribution >= 0.6 is 0 Å². The van der Waals surface area contributed by atoms with E-state index in [1.807, 2.05) is 0 Å². The zero-order valence-electron chi connectivity index (χ0n) is 15.3. The summed E-state index contributed by atoms with van der Waals surface area (Å²) in [4.78, 5) is 22.1. The molecule has 0 unspecified atom stereocenters. The number of aryl methyl sites for hydroxylation is 1. The van der Waals surface area contributed by atoms with Crippen LogP contribution in [0, 0.1) is 12.7 Å². The molecule has 0 aliphatic carbocycles. The van der Waals surface area contributed by atoms with Gasteiger partial charge < -0.3 is 4.90 Å². The number of aromatic nitrogens is 2. The Morgan fingerprint density at radius 1 is 1.07 bits per heavy atom. The van der Waals surface area contributed by atoms with Crippen LogP contribution in [0.2, 0.25) is 0 Å². The number of halogens is 4. The highest BCUT2D eigenvalue weighted by molar-refractivity contribution is 6.01. The van der Waals surface area contributed by atoms with Crippen LogP contribution in [0.3, 0.4) is 0 Å². The van der Waals surface area contributed by atoms with Crippen molar-refractivity contribution in [3.8, 4) is 11.1 Å². The van der Waals surface area contributed by atoms with Gasteiger partial charge in [-0.25, -0.2) is 4.39 Å². The van der Waals surface area contributed by atoms with Crippen LogP contribution < -0.4 is 4.90 Å². The third kappa shape index (κ3) is 3.70. The molecule has 8 heteroatoms. The highest BCUT2D eigenvalue weighted by Crippen LogP contribution is 2.35. The molecule has 29 heavy (non-hydrogen) atoms. The molecule has 1 aromatic carbocycles. The van der Waals surface area contributed by atoms with Gasteiger partial charge in [-0.15, -0.1) is 0 Å². The van der Waals surface area contributed by atoms with Gasteiger partial charge in [0.25, 0.3) is 0 Å². The Balaban J connectivity index is 1.70. The number of carbonyl (C=O) groups is 1. The summed E-state index contributed by atoms with van der Waals surface area (Å²) in [5, 5.41) is 0. The standard InChI is InChI=1S/C21H15F4N3O/c1-12-5-16(22)18(26-9-12)11-28-19-7-14(10-27-17(19)8-20(28)29)13-3-2-4-15(6-13)21(23,24)25/h2-7,9-10H,8,11H2,1H3. The lowest BCUT2D eigenvalue weighted by atomic mass is 10.0. The summed E-state index contributed by atoms with van der Waals surface area (Å²) in [6.45, 7) is 1.63. The van der Waals surface area contributed by atoms with Crippen LogP contribution in [0.1, 0.15) is 22.5 Å². The normalized spacial score (nSPS) is 13.7. The molecule has 0 bridgehead atoms. The van der Waals surface area contributed by atoms with Crippen LogP contribution in [-0.4, -0.2) is 15.9 Å². The van der Waals surface area contributed by atoms with E-state index in [4.69, 9.17) is 0 Å². The lowest BCUT2D eigenvalue weighted by Gasteiger charge is -2.18. The fourth-order valence-electron chi connectivity index (χ4n) is 3.26. The number of alkyl halides is 3. The van der Waals surface area contributed by atoms with E-state index in [-0.39, 0.29) is 24.6 Å². The van der Waals surface area contributed by atoms with Crippen molar-refractivity contribution in [1.29, 1.82) is 0 Å². The van der Waals surface area contributed by atoms with E-state index in [9.17, 15) is 22.4 Å². The first-order valence-electron chi connectivity index (χ1n) is 8.80. The van der Waals surface area contributed by atoms with Crippen LogP contribution in [-0.2, 0) is 23.9 Å². The Bertz CT molecular complexity index is 1110. The van der Waals surface area contributed by atoms with Crippen molar-refractivity contribution in [2.45, 2.75) is 26.1 Å². The Hall–Kier alpha value is -3.29. The average molecular weight is 401 g/mol.